The Morgan fingerprint density at radius 2 is 2.14 bits per heavy atom. The summed E-state index contributed by atoms with van der Waals surface area (Å²) in [5.41, 5.74) is 0.0472. The molecule has 1 fully saturated rings. The van der Waals surface area contributed by atoms with E-state index < -0.39 is 11.7 Å². The predicted octanol–water partition coefficient (Wildman–Crippen LogP) is 3.61. The van der Waals surface area contributed by atoms with E-state index in [0.717, 1.165) is 24.5 Å². The molecular formula is C16H22F3NO. The molecule has 1 aromatic carbocycles. The second-order valence-corrected chi connectivity index (χ2v) is 5.84. The smallest absolute Gasteiger partial charge is 0.383 e. The van der Waals surface area contributed by atoms with Crippen LogP contribution in [-0.2, 0) is 16.3 Å². The van der Waals surface area contributed by atoms with Gasteiger partial charge < -0.3 is 10.1 Å². The summed E-state index contributed by atoms with van der Waals surface area (Å²) in [6.45, 7) is 4.12. The van der Waals surface area contributed by atoms with Crippen LogP contribution < -0.4 is 5.32 Å². The Hall–Kier alpha value is -1.07. The summed E-state index contributed by atoms with van der Waals surface area (Å²) in [4.78, 5) is 0. The van der Waals surface area contributed by atoms with Gasteiger partial charge in [0.15, 0.2) is 0 Å². The molecule has 2 rings (SSSR count). The largest absolute Gasteiger partial charge is 0.416 e. The molecule has 0 saturated heterocycles. The standard InChI is InChI=1S/C16H22F3NO/c1-12-6-7-15(12,11-20-8-9-21-2)13-4-3-5-14(10-13)16(17,18)19/h3-5,10,12,20H,6-9,11H2,1-2H3. The van der Waals surface area contributed by atoms with E-state index in [2.05, 4.69) is 12.2 Å². The van der Waals surface area contributed by atoms with E-state index in [1.54, 1.807) is 7.11 Å². The quantitative estimate of drug-likeness (QED) is 0.811. The van der Waals surface area contributed by atoms with Gasteiger partial charge in [-0.15, -0.1) is 0 Å². The Kier molecular flexibility index (Phi) is 4.94. The monoisotopic (exact) mass is 301 g/mol. The van der Waals surface area contributed by atoms with Crippen molar-refractivity contribution in [1.82, 2.24) is 5.32 Å². The van der Waals surface area contributed by atoms with Crippen LogP contribution in [0.2, 0.25) is 0 Å². The Morgan fingerprint density at radius 1 is 1.38 bits per heavy atom. The van der Waals surface area contributed by atoms with E-state index >= 15 is 0 Å². The number of hydrogen-bond donors (Lipinski definition) is 1. The number of nitrogens with one attached hydrogen (secondary N) is 1. The van der Waals surface area contributed by atoms with Gasteiger partial charge in [0.25, 0.3) is 0 Å². The molecule has 1 aliphatic rings. The lowest BCUT2D eigenvalue weighted by Crippen LogP contribution is -2.50. The van der Waals surface area contributed by atoms with Crippen molar-refractivity contribution in [1.29, 1.82) is 0 Å². The van der Waals surface area contributed by atoms with Crippen LogP contribution in [0.15, 0.2) is 24.3 Å². The van der Waals surface area contributed by atoms with Crippen LogP contribution in [0.4, 0.5) is 13.2 Å². The number of hydrogen-bond acceptors (Lipinski definition) is 2. The van der Waals surface area contributed by atoms with Crippen LogP contribution in [0.1, 0.15) is 30.9 Å². The molecule has 5 heteroatoms. The van der Waals surface area contributed by atoms with E-state index in [1.807, 2.05) is 6.07 Å². The first-order valence-electron chi connectivity index (χ1n) is 7.27. The van der Waals surface area contributed by atoms with Crippen molar-refractivity contribution >= 4 is 0 Å². The van der Waals surface area contributed by atoms with Gasteiger partial charge in [-0.25, -0.2) is 0 Å². The van der Waals surface area contributed by atoms with Gasteiger partial charge in [-0.05, 0) is 30.4 Å². The molecule has 1 aromatic rings. The number of rotatable bonds is 6. The lowest BCUT2D eigenvalue weighted by atomic mass is 9.57. The highest BCUT2D eigenvalue weighted by molar-refractivity contribution is 5.35. The molecule has 0 aromatic heterocycles. The minimum absolute atomic E-state index is 0.186. The normalized spacial score (nSPS) is 25.7. The van der Waals surface area contributed by atoms with E-state index in [0.29, 0.717) is 25.6 Å². The molecule has 1 N–H and O–H groups in total. The molecule has 1 saturated carbocycles. The minimum Gasteiger partial charge on any atom is -0.383 e. The van der Waals surface area contributed by atoms with Crippen molar-refractivity contribution < 1.29 is 17.9 Å². The van der Waals surface area contributed by atoms with Crippen LogP contribution >= 0.6 is 0 Å². The van der Waals surface area contributed by atoms with Crippen molar-refractivity contribution in [2.75, 3.05) is 26.8 Å². The van der Waals surface area contributed by atoms with Gasteiger partial charge in [0.2, 0.25) is 0 Å². The molecule has 0 radical (unpaired) electrons. The lowest BCUT2D eigenvalue weighted by molar-refractivity contribution is -0.137. The second kappa shape index (κ2) is 6.36. The topological polar surface area (TPSA) is 21.3 Å². The fraction of sp³-hybridized carbons (Fsp3) is 0.625. The third-order valence-corrected chi connectivity index (χ3v) is 4.66. The first kappa shape index (κ1) is 16.3. The Labute approximate surface area is 123 Å². The third-order valence-electron chi connectivity index (χ3n) is 4.66. The zero-order chi connectivity index (χ0) is 15.5. The van der Waals surface area contributed by atoms with Crippen LogP contribution in [0.5, 0.6) is 0 Å². The number of benzene rings is 1. The zero-order valence-corrected chi connectivity index (χ0v) is 12.5. The maximum atomic E-state index is 12.9. The van der Waals surface area contributed by atoms with Crippen molar-refractivity contribution in [3.63, 3.8) is 0 Å². The Bertz CT molecular complexity index is 475. The van der Waals surface area contributed by atoms with Gasteiger partial charge in [0.1, 0.15) is 0 Å². The third kappa shape index (κ3) is 3.40. The summed E-state index contributed by atoms with van der Waals surface area (Å²) in [5, 5.41) is 3.31. The summed E-state index contributed by atoms with van der Waals surface area (Å²) in [6.07, 6.45) is -2.30. The molecule has 2 atom stereocenters. The number of halogens is 3. The molecule has 0 aliphatic heterocycles. The molecule has 0 spiro atoms. The molecule has 0 bridgehead atoms. The summed E-state index contributed by atoms with van der Waals surface area (Å²) in [6, 6.07) is 5.79. The molecule has 2 nitrogen and oxygen atoms in total. The first-order chi connectivity index (χ1) is 9.90. The number of alkyl halides is 3. The highest BCUT2D eigenvalue weighted by Gasteiger charge is 2.45. The van der Waals surface area contributed by atoms with E-state index in [-0.39, 0.29) is 5.41 Å². The van der Waals surface area contributed by atoms with Gasteiger partial charge in [-0.1, -0.05) is 25.1 Å². The minimum atomic E-state index is -4.28. The number of ether oxygens (including phenoxy) is 1. The van der Waals surface area contributed by atoms with E-state index in [4.69, 9.17) is 4.74 Å². The summed E-state index contributed by atoms with van der Waals surface area (Å²) >= 11 is 0. The van der Waals surface area contributed by atoms with Crippen molar-refractivity contribution in [3.05, 3.63) is 35.4 Å². The Balaban J connectivity index is 2.19. The molecular weight excluding hydrogens is 279 g/mol. The highest BCUT2D eigenvalue weighted by Crippen LogP contribution is 2.49. The number of methoxy groups -OCH3 is 1. The summed E-state index contributed by atoms with van der Waals surface area (Å²) < 4.78 is 43.7. The van der Waals surface area contributed by atoms with Gasteiger partial charge in [-0.2, -0.15) is 13.2 Å². The second-order valence-electron chi connectivity index (χ2n) is 5.84. The molecule has 0 amide bonds. The van der Waals surface area contributed by atoms with Gasteiger partial charge in [0, 0.05) is 25.6 Å². The van der Waals surface area contributed by atoms with Gasteiger partial charge >= 0.3 is 6.18 Å². The lowest BCUT2D eigenvalue weighted by Gasteiger charge is -2.49. The molecule has 0 heterocycles. The van der Waals surface area contributed by atoms with Gasteiger partial charge in [-0.3, -0.25) is 0 Å². The van der Waals surface area contributed by atoms with Crippen LogP contribution in [0, 0.1) is 5.92 Å². The fourth-order valence-electron chi connectivity index (χ4n) is 3.07. The average Bonchev–Trinajstić information content (AvgIpc) is 2.45. The fourth-order valence-corrected chi connectivity index (χ4v) is 3.07. The van der Waals surface area contributed by atoms with Crippen molar-refractivity contribution in [2.24, 2.45) is 5.92 Å². The van der Waals surface area contributed by atoms with Crippen LogP contribution in [-0.4, -0.2) is 26.8 Å². The van der Waals surface area contributed by atoms with Gasteiger partial charge in [0.05, 0.1) is 12.2 Å². The van der Waals surface area contributed by atoms with Crippen molar-refractivity contribution in [3.8, 4) is 0 Å². The molecule has 21 heavy (non-hydrogen) atoms. The zero-order valence-electron chi connectivity index (χ0n) is 12.5. The summed E-state index contributed by atoms with van der Waals surface area (Å²) in [7, 11) is 1.64. The van der Waals surface area contributed by atoms with Crippen LogP contribution in [0.25, 0.3) is 0 Å². The predicted molar refractivity (Wildman–Crippen MR) is 76.3 cm³/mol. The van der Waals surface area contributed by atoms with Crippen molar-refractivity contribution in [2.45, 2.75) is 31.4 Å². The van der Waals surface area contributed by atoms with E-state index in [9.17, 15) is 13.2 Å². The molecule has 118 valence electrons. The molecule has 1 aliphatic carbocycles. The van der Waals surface area contributed by atoms with E-state index in [1.165, 1.54) is 12.1 Å². The average molecular weight is 301 g/mol. The first-order valence-corrected chi connectivity index (χ1v) is 7.27. The highest BCUT2D eigenvalue weighted by atomic mass is 19.4. The Morgan fingerprint density at radius 3 is 2.67 bits per heavy atom. The maximum absolute atomic E-state index is 12.9. The summed E-state index contributed by atoms with van der Waals surface area (Å²) in [5.74, 6) is 0.385. The SMILES string of the molecule is COCCNCC1(c2cccc(C(F)(F)F)c2)CCC1C. The maximum Gasteiger partial charge on any atom is 0.416 e. The van der Waals surface area contributed by atoms with Crippen LogP contribution in [0.3, 0.4) is 0 Å². The molecule has 2 unspecified atom stereocenters.